The van der Waals surface area contributed by atoms with Crippen LogP contribution in [0.2, 0.25) is 0 Å². The van der Waals surface area contributed by atoms with Gasteiger partial charge in [-0.25, -0.2) is 0 Å². The van der Waals surface area contributed by atoms with Crippen LogP contribution in [0.5, 0.6) is 0 Å². The molecule has 19 heavy (non-hydrogen) atoms. The summed E-state index contributed by atoms with van der Waals surface area (Å²) >= 11 is 0. The van der Waals surface area contributed by atoms with E-state index in [2.05, 4.69) is 12.2 Å². The molecule has 0 fully saturated rings. The molecule has 0 amide bonds. The molecule has 3 nitrogen and oxygen atoms in total. The molecule has 108 valence electrons. The van der Waals surface area contributed by atoms with Crippen molar-refractivity contribution in [2.24, 2.45) is 0 Å². The van der Waals surface area contributed by atoms with Crippen molar-refractivity contribution < 1.29 is 9.84 Å². The number of likely N-dealkylation sites (N-methyl/N-ethyl adjacent to an activating group) is 1. The summed E-state index contributed by atoms with van der Waals surface area (Å²) in [5, 5.41) is 13.0. The molecular formula is C16H27NO2. The maximum Gasteiger partial charge on any atom is 0.0688 e. The zero-order valence-corrected chi connectivity index (χ0v) is 12.2. The van der Waals surface area contributed by atoms with Gasteiger partial charge in [-0.2, -0.15) is 0 Å². The van der Waals surface area contributed by atoms with Crippen LogP contribution in [0, 0.1) is 0 Å². The fourth-order valence-corrected chi connectivity index (χ4v) is 2.22. The predicted molar refractivity (Wildman–Crippen MR) is 79.2 cm³/mol. The van der Waals surface area contributed by atoms with Crippen molar-refractivity contribution in [3.63, 3.8) is 0 Å². The van der Waals surface area contributed by atoms with Gasteiger partial charge in [0.2, 0.25) is 0 Å². The zero-order chi connectivity index (χ0) is 14.0. The molecule has 1 aromatic carbocycles. The SMILES string of the molecule is CCCCCOCCC(CO)(NC)c1ccccc1. The number of aliphatic hydroxyl groups is 1. The molecule has 0 spiro atoms. The highest BCUT2D eigenvalue weighted by atomic mass is 16.5. The Morgan fingerprint density at radius 1 is 1.16 bits per heavy atom. The molecule has 1 aromatic rings. The zero-order valence-electron chi connectivity index (χ0n) is 12.2. The van der Waals surface area contributed by atoms with Gasteiger partial charge in [0.1, 0.15) is 0 Å². The molecule has 1 atom stereocenters. The second kappa shape index (κ2) is 9.08. The summed E-state index contributed by atoms with van der Waals surface area (Å²) < 4.78 is 5.67. The monoisotopic (exact) mass is 265 g/mol. The standard InChI is InChI=1S/C16H27NO2/c1-3-4-8-12-19-13-11-16(14-18,17-2)15-9-6-5-7-10-15/h5-7,9-10,17-18H,3-4,8,11-14H2,1-2H3. The molecule has 0 saturated heterocycles. The van der Waals surface area contributed by atoms with Crippen molar-refractivity contribution in [2.45, 2.75) is 38.1 Å². The molecule has 0 aliphatic heterocycles. The van der Waals surface area contributed by atoms with E-state index in [1.165, 1.54) is 12.8 Å². The highest BCUT2D eigenvalue weighted by Crippen LogP contribution is 2.24. The number of benzene rings is 1. The van der Waals surface area contributed by atoms with E-state index >= 15 is 0 Å². The van der Waals surface area contributed by atoms with Crippen LogP contribution >= 0.6 is 0 Å². The Kier molecular flexibility index (Phi) is 7.72. The van der Waals surface area contributed by atoms with Gasteiger partial charge in [0, 0.05) is 13.2 Å². The van der Waals surface area contributed by atoms with Gasteiger partial charge in [-0.05, 0) is 25.5 Å². The molecule has 3 heteroatoms. The summed E-state index contributed by atoms with van der Waals surface area (Å²) in [6.45, 7) is 3.74. The van der Waals surface area contributed by atoms with Crippen LogP contribution in [0.15, 0.2) is 30.3 Å². The van der Waals surface area contributed by atoms with E-state index in [-0.39, 0.29) is 6.61 Å². The van der Waals surface area contributed by atoms with E-state index in [1.807, 2.05) is 37.4 Å². The summed E-state index contributed by atoms with van der Waals surface area (Å²) in [6.07, 6.45) is 4.32. The molecule has 2 N–H and O–H groups in total. The number of ether oxygens (including phenoxy) is 1. The molecule has 0 aromatic heterocycles. The van der Waals surface area contributed by atoms with Gasteiger partial charge < -0.3 is 15.2 Å². The lowest BCUT2D eigenvalue weighted by Gasteiger charge is -2.32. The Hall–Kier alpha value is -0.900. The summed E-state index contributed by atoms with van der Waals surface area (Å²) in [7, 11) is 1.89. The normalized spacial score (nSPS) is 14.3. The van der Waals surface area contributed by atoms with Crippen molar-refractivity contribution in [1.29, 1.82) is 0 Å². The highest BCUT2D eigenvalue weighted by Gasteiger charge is 2.29. The maximum absolute atomic E-state index is 9.75. The number of hydrogen-bond donors (Lipinski definition) is 2. The smallest absolute Gasteiger partial charge is 0.0688 e. The minimum absolute atomic E-state index is 0.0752. The predicted octanol–water partition coefficient (Wildman–Crippen LogP) is 2.69. The minimum Gasteiger partial charge on any atom is -0.394 e. The van der Waals surface area contributed by atoms with Gasteiger partial charge in [-0.1, -0.05) is 50.1 Å². The van der Waals surface area contributed by atoms with Crippen molar-refractivity contribution in [3.8, 4) is 0 Å². The molecule has 0 saturated carbocycles. The van der Waals surface area contributed by atoms with Gasteiger partial charge in [-0.15, -0.1) is 0 Å². The van der Waals surface area contributed by atoms with Crippen molar-refractivity contribution in [2.75, 3.05) is 26.9 Å². The molecular weight excluding hydrogens is 238 g/mol. The van der Waals surface area contributed by atoms with E-state index in [0.717, 1.165) is 25.0 Å². The van der Waals surface area contributed by atoms with E-state index in [1.54, 1.807) is 0 Å². The molecule has 0 bridgehead atoms. The first kappa shape index (κ1) is 16.2. The Balaban J connectivity index is 2.48. The van der Waals surface area contributed by atoms with Crippen molar-refractivity contribution in [1.82, 2.24) is 5.32 Å². The van der Waals surface area contributed by atoms with Crippen LogP contribution in [0.4, 0.5) is 0 Å². The molecule has 1 unspecified atom stereocenters. The van der Waals surface area contributed by atoms with Crippen LogP contribution in [-0.4, -0.2) is 32.0 Å². The Morgan fingerprint density at radius 3 is 2.47 bits per heavy atom. The van der Waals surface area contributed by atoms with Crippen LogP contribution in [0.3, 0.4) is 0 Å². The lowest BCUT2D eigenvalue weighted by Crippen LogP contribution is -2.44. The quantitative estimate of drug-likeness (QED) is 0.639. The minimum atomic E-state index is -0.397. The first-order valence-electron chi connectivity index (χ1n) is 7.22. The Bertz CT molecular complexity index is 323. The fourth-order valence-electron chi connectivity index (χ4n) is 2.22. The third-order valence-electron chi connectivity index (χ3n) is 3.64. The van der Waals surface area contributed by atoms with E-state index in [4.69, 9.17) is 4.74 Å². The second-order valence-corrected chi connectivity index (χ2v) is 4.93. The van der Waals surface area contributed by atoms with Crippen molar-refractivity contribution >= 4 is 0 Å². The number of unbranched alkanes of at least 4 members (excludes halogenated alkanes) is 2. The maximum atomic E-state index is 9.75. The molecule has 0 aliphatic rings. The topological polar surface area (TPSA) is 41.5 Å². The van der Waals surface area contributed by atoms with Gasteiger partial charge in [0.25, 0.3) is 0 Å². The summed E-state index contributed by atoms with van der Waals surface area (Å²) in [5.74, 6) is 0. The number of aliphatic hydroxyl groups excluding tert-OH is 1. The van der Waals surface area contributed by atoms with Crippen LogP contribution in [-0.2, 0) is 10.3 Å². The summed E-state index contributed by atoms with van der Waals surface area (Å²) in [6, 6.07) is 10.1. The fraction of sp³-hybridized carbons (Fsp3) is 0.625. The molecule has 0 aliphatic carbocycles. The molecule has 0 heterocycles. The first-order chi connectivity index (χ1) is 9.29. The summed E-state index contributed by atoms with van der Waals surface area (Å²) in [4.78, 5) is 0. The number of hydrogen-bond acceptors (Lipinski definition) is 3. The lowest BCUT2D eigenvalue weighted by molar-refractivity contribution is 0.0803. The van der Waals surface area contributed by atoms with E-state index in [0.29, 0.717) is 6.61 Å². The first-order valence-corrected chi connectivity index (χ1v) is 7.22. The number of rotatable bonds is 10. The number of nitrogens with one attached hydrogen (secondary N) is 1. The highest BCUT2D eigenvalue weighted by molar-refractivity contribution is 5.24. The molecule has 0 radical (unpaired) electrons. The average molecular weight is 265 g/mol. The van der Waals surface area contributed by atoms with E-state index in [9.17, 15) is 5.11 Å². The third-order valence-corrected chi connectivity index (χ3v) is 3.64. The van der Waals surface area contributed by atoms with Crippen molar-refractivity contribution in [3.05, 3.63) is 35.9 Å². The van der Waals surface area contributed by atoms with Crippen LogP contribution < -0.4 is 5.32 Å². The van der Waals surface area contributed by atoms with Crippen LogP contribution in [0.25, 0.3) is 0 Å². The average Bonchev–Trinajstić information content (AvgIpc) is 2.48. The van der Waals surface area contributed by atoms with Gasteiger partial charge >= 0.3 is 0 Å². The Labute approximate surface area is 117 Å². The Morgan fingerprint density at radius 2 is 1.89 bits per heavy atom. The lowest BCUT2D eigenvalue weighted by atomic mass is 9.88. The van der Waals surface area contributed by atoms with E-state index < -0.39 is 5.54 Å². The van der Waals surface area contributed by atoms with Gasteiger partial charge in [-0.3, -0.25) is 0 Å². The molecule has 1 rings (SSSR count). The van der Waals surface area contributed by atoms with Crippen LogP contribution in [0.1, 0.15) is 38.2 Å². The summed E-state index contributed by atoms with van der Waals surface area (Å²) in [5.41, 5.74) is 0.712. The van der Waals surface area contributed by atoms with Gasteiger partial charge in [0.15, 0.2) is 0 Å². The largest absolute Gasteiger partial charge is 0.394 e. The third kappa shape index (κ3) is 4.94. The van der Waals surface area contributed by atoms with Gasteiger partial charge in [0.05, 0.1) is 12.1 Å². The second-order valence-electron chi connectivity index (χ2n) is 4.93.